The minimum atomic E-state index is 0.814. The molecule has 0 aromatic heterocycles. The first kappa shape index (κ1) is 13.4. The fraction of sp³-hybridized carbons (Fsp3) is 0.600. The summed E-state index contributed by atoms with van der Waals surface area (Å²) in [4.78, 5) is 0. The van der Waals surface area contributed by atoms with E-state index in [-0.39, 0.29) is 0 Å². The van der Waals surface area contributed by atoms with Crippen LogP contribution >= 0.6 is 0 Å². The Morgan fingerprint density at radius 2 is 2.17 bits per heavy atom. The van der Waals surface area contributed by atoms with Gasteiger partial charge in [-0.05, 0) is 69.1 Å². The molecule has 1 aromatic carbocycles. The van der Waals surface area contributed by atoms with Gasteiger partial charge in [0.1, 0.15) is 5.75 Å². The fourth-order valence-corrected chi connectivity index (χ4v) is 2.43. The van der Waals surface area contributed by atoms with E-state index >= 15 is 0 Å². The van der Waals surface area contributed by atoms with Crippen LogP contribution in [0.4, 0.5) is 0 Å². The molecule has 0 amide bonds. The lowest BCUT2D eigenvalue weighted by Crippen LogP contribution is -2.36. The van der Waals surface area contributed by atoms with Gasteiger partial charge < -0.3 is 15.4 Å². The Labute approximate surface area is 110 Å². The number of rotatable bonds is 6. The normalized spacial score (nSPS) is 19.7. The summed E-state index contributed by atoms with van der Waals surface area (Å²) in [5.41, 5.74) is 1.37. The van der Waals surface area contributed by atoms with Crippen LogP contribution in [0.15, 0.2) is 24.3 Å². The van der Waals surface area contributed by atoms with Crippen LogP contribution < -0.4 is 15.4 Å². The highest BCUT2D eigenvalue weighted by Gasteiger charge is 2.11. The molecule has 1 aliphatic rings. The molecule has 2 rings (SSSR count). The lowest BCUT2D eigenvalue weighted by Gasteiger charge is -2.22. The van der Waals surface area contributed by atoms with E-state index in [1.54, 1.807) is 7.11 Å². The van der Waals surface area contributed by atoms with Gasteiger partial charge in [0.05, 0.1) is 7.11 Å². The van der Waals surface area contributed by atoms with E-state index in [1.807, 2.05) is 12.1 Å². The van der Waals surface area contributed by atoms with E-state index < -0.39 is 0 Å². The molecule has 1 unspecified atom stereocenters. The molecular formula is C15H24N2O. The Bertz CT molecular complexity index is 331. The van der Waals surface area contributed by atoms with E-state index in [0.29, 0.717) is 0 Å². The van der Waals surface area contributed by atoms with Gasteiger partial charge in [0.15, 0.2) is 0 Å². The summed E-state index contributed by atoms with van der Waals surface area (Å²) in [7, 11) is 1.70. The summed E-state index contributed by atoms with van der Waals surface area (Å²) in [5.74, 6) is 1.75. The zero-order chi connectivity index (χ0) is 12.6. The summed E-state index contributed by atoms with van der Waals surface area (Å²) in [6, 6.07) is 8.34. The highest BCUT2D eigenvalue weighted by atomic mass is 16.5. The largest absolute Gasteiger partial charge is 0.497 e. The van der Waals surface area contributed by atoms with Crippen LogP contribution in [-0.4, -0.2) is 33.3 Å². The van der Waals surface area contributed by atoms with E-state index in [9.17, 15) is 0 Å². The Balaban J connectivity index is 1.62. The Morgan fingerprint density at radius 3 is 2.83 bits per heavy atom. The molecule has 0 aliphatic carbocycles. The van der Waals surface area contributed by atoms with Crippen molar-refractivity contribution in [1.29, 1.82) is 0 Å². The number of hydrogen-bond donors (Lipinski definition) is 2. The number of methoxy groups -OCH3 is 1. The zero-order valence-corrected chi connectivity index (χ0v) is 11.2. The van der Waals surface area contributed by atoms with Crippen LogP contribution in [0, 0.1) is 5.92 Å². The van der Waals surface area contributed by atoms with E-state index in [0.717, 1.165) is 31.2 Å². The molecule has 3 heteroatoms. The first-order valence-corrected chi connectivity index (χ1v) is 6.93. The number of ether oxygens (including phenoxy) is 1. The van der Waals surface area contributed by atoms with Crippen LogP contribution in [0.25, 0.3) is 0 Å². The summed E-state index contributed by atoms with van der Waals surface area (Å²) in [6.07, 6.45) is 3.78. The van der Waals surface area contributed by atoms with Crippen molar-refractivity contribution in [2.24, 2.45) is 5.92 Å². The van der Waals surface area contributed by atoms with Crippen LogP contribution in [-0.2, 0) is 6.42 Å². The molecule has 1 heterocycles. The molecule has 1 saturated heterocycles. The van der Waals surface area contributed by atoms with Gasteiger partial charge in [-0.3, -0.25) is 0 Å². The van der Waals surface area contributed by atoms with Crippen molar-refractivity contribution in [3.63, 3.8) is 0 Å². The van der Waals surface area contributed by atoms with Crippen LogP contribution in [0.1, 0.15) is 18.4 Å². The average Bonchev–Trinajstić information content (AvgIpc) is 2.45. The summed E-state index contributed by atoms with van der Waals surface area (Å²) < 4.78 is 5.15. The number of benzene rings is 1. The lowest BCUT2D eigenvalue weighted by molar-refractivity contribution is 0.361. The molecule has 0 bridgehead atoms. The summed E-state index contributed by atoms with van der Waals surface area (Å²) in [5, 5.41) is 7.01. The summed E-state index contributed by atoms with van der Waals surface area (Å²) >= 11 is 0. The number of hydrogen-bond acceptors (Lipinski definition) is 3. The standard InChI is InChI=1S/C15H24N2O/c1-18-15-6-4-13(5-7-15)8-10-17-12-14-3-2-9-16-11-14/h4-7,14,16-17H,2-3,8-12H2,1H3. The van der Waals surface area contributed by atoms with Gasteiger partial charge in [-0.25, -0.2) is 0 Å². The Kier molecular flexibility index (Phi) is 5.49. The highest BCUT2D eigenvalue weighted by molar-refractivity contribution is 5.27. The first-order chi connectivity index (χ1) is 8.88. The lowest BCUT2D eigenvalue weighted by atomic mass is 10.00. The predicted octanol–water partition coefficient (Wildman–Crippen LogP) is 1.83. The van der Waals surface area contributed by atoms with Gasteiger partial charge in [-0.1, -0.05) is 12.1 Å². The van der Waals surface area contributed by atoms with E-state index in [4.69, 9.17) is 4.74 Å². The molecule has 3 nitrogen and oxygen atoms in total. The van der Waals surface area contributed by atoms with Crippen LogP contribution in [0.2, 0.25) is 0 Å². The molecule has 1 aliphatic heterocycles. The van der Waals surface area contributed by atoms with Crippen molar-refractivity contribution in [2.45, 2.75) is 19.3 Å². The molecule has 0 spiro atoms. The minimum Gasteiger partial charge on any atom is -0.497 e. The van der Waals surface area contributed by atoms with Gasteiger partial charge >= 0.3 is 0 Å². The smallest absolute Gasteiger partial charge is 0.118 e. The molecule has 1 fully saturated rings. The van der Waals surface area contributed by atoms with E-state index in [1.165, 1.54) is 31.5 Å². The first-order valence-electron chi connectivity index (χ1n) is 6.93. The van der Waals surface area contributed by atoms with Gasteiger partial charge in [0.2, 0.25) is 0 Å². The molecular weight excluding hydrogens is 224 g/mol. The quantitative estimate of drug-likeness (QED) is 0.754. The van der Waals surface area contributed by atoms with Crippen molar-refractivity contribution in [2.75, 3.05) is 33.3 Å². The molecule has 0 radical (unpaired) electrons. The third-order valence-corrected chi connectivity index (χ3v) is 3.58. The Morgan fingerprint density at radius 1 is 1.33 bits per heavy atom. The number of nitrogens with one attached hydrogen (secondary N) is 2. The van der Waals surface area contributed by atoms with Crippen molar-refractivity contribution < 1.29 is 4.74 Å². The molecule has 1 aromatic rings. The second-order valence-corrected chi connectivity index (χ2v) is 5.01. The van der Waals surface area contributed by atoms with Gasteiger partial charge in [0.25, 0.3) is 0 Å². The third-order valence-electron chi connectivity index (χ3n) is 3.58. The maximum atomic E-state index is 5.15. The minimum absolute atomic E-state index is 0.814. The number of piperidine rings is 1. The maximum Gasteiger partial charge on any atom is 0.118 e. The maximum absolute atomic E-state index is 5.15. The zero-order valence-electron chi connectivity index (χ0n) is 11.2. The predicted molar refractivity (Wildman–Crippen MR) is 75.2 cm³/mol. The molecule has 1 atom stereocenters. The summed E-state index contributed by atoms with van der Waals surface area (Å²) in [6.45, 7) is 4.57. The molecule has 0 saturated carbocycles. The Hall–Kier alpha value is -1.06. The van der Waals surface area contributed by atoms with Gasteiger partial charge in [0, 0.05) is 0 Å². The SMILES string of the molecule is COc1ccc(CCNCC2CCCNC2)cc1. The van der Waals surface area contributed by atoms with Gasteiger partial charge in [-0.2, -0.15) is 0 Å². The monoisotopic (exact) mass is 248 g/mol. The van der Waals surface area contributed by atoms with Crippen molar-refractivity contribution in [3.05, 3.63) is 29.8 Å². The second kappa shape index (κ2) is 7.39. The molecule has 2 N–H and O–H groups in total. The van der Waals surface area contributed by atoms with Crippen LogP contribution in [0.5, 0.6) is 5.75 Å². The van der Waals surface area contributed by atoms with Crippen molar-refractivity contribution >= 4 is 0 Å². The fourth-order valence-electron chi connectivity index (χ4n) is 2.43. The van der Waals surface area contributed by atoms with Crippen molar-refractivity contribution in [3.8, 4) is 5.75 Å². The molecule has 100 valence electrons. The van der Waals surface area contributed by atoms with Crippen LogP contribution in [0.3, 0.4) is 0 Å². The average molecular weight is 248 g/mol. The third kappa shape index (κ3) is 4.31. The highest BCUT2D eigenvalue weighted by Crippen LogP contribution is 2.11. The van der Waals surface area contributed by atoms with Crippen molar-refractivity contribution in [1.82, 2.24) is 10.6 Å². The molecule has 18 heavy (non-hydrogen) atoms. The topological polar surface area (TPSA) is 33.3 Å². The van der Waals surface area contributed by atoms with E-state index in [2.05, 4.69) is 22.8 Å². The van der Waals surface area contributed by atoms with Gasteiger partial charge in [-0.15, -0.1) is 0 Å². The second-order valence-electron chi connectivity index (χ2n) is 5.01.